The summed E-state index contributed by atoms with van der Waals surface area (Å²) in [5.74, 6) is -1.11. The number of amides is 2. The van der Waals surface area contributed by atoms with Gasteiger partial charge >= 0.3 is 5.97 Å². The number of aryl methyl sites for hydroxylation is 1. The lowest BCUT2D eigenvalue weighted by atomic mass is 10.1. The van der Waals surface area contributed by atoms with Crippen LogP contribution in [0.4, 0.5) is 11.4 Å². The fourth-order valence-electron chi connectivity index (χ4n) is 3.10. The molecule has 0 saturated carbocycles. The van der Waals surface area contributed by atoms with Gasteiger partial charge in [0.15, 0.2) is 0 Å². The van der Waals surface area contributed by atoms with Gasteiger partial charge in [0.05, 0.1) is 30.9 Å². The molecule has 0 unspecified atom stereocenters. The standard InChI is InChI=1S/C24H23ClN2O5/c1-15-6-7-16(17-10-11-32-14-17)12-21(15)27-23(29)5-3-4-22(28)26-20-9-8-18(25)13-19(20)24(30)31-2/h6-14H,3-5H2,1-2H3,(H,26,28)(H,27,29). The number of ether oxygens (including phenoxy) is 1. The molecule has 2 aromatic carbocycles. The third kappa shape index (κ3) is 5.98. The van der Waals surface area contributed by atoms with Crippen molar-refractivity contribution in [2.24, 2.45) is 0 Å². The van der Waals surface area contributed by atoms with E-state index in [9.17, 15) is 14.4 Å². The van der Waals surface area contributed by atoms with Gasteiger partial charge in [0.2, 0.25) is 11.8 Å². The van der Waals surface area contributed by atoms with Gasteiger partial charge in [0.1, 0.15) is 0 Å². The van der Waals surface area contributed by atoms with Crippen LogP contribution in [-0.4, -0.2) is 24.9 Å². The van der Waals surface area contributed by atoms with Gasteiger partial charge in [0, 0.05) is 29.1 Å². The minimum absolute atomic E-state index is 0.116. The maximum absolute atomic E-state index is 12.4. The fourth-order valence-corrected chi connectivity index (χ4v) is 3.28. The van der Waals surface area contributed by atoms with Gasteiger partial charge in [-0.1, -0.05) is 23.7 Å². The normalized spacial score (nSPS) is 10.5. The van der Waals surface area contributed by atoms with Gasteiger partial charge in [-0.15, -0.1) is 0 Å². The van der Waals surface area contributed by atoms with E-state index in [4.69, 9.17) is 20.8 Å². The summed E-state index contributed by atoms with van der Waals surface area (Å²) in [5.41, 5.74) is 3.97. The maximum atomic E-state index is 12.4. The number of carbonyl (C=O) groups excluding carboxylic acids is 3. The molecule has 166 valence electrons. The number of halogens is 1. The highest BCUT2D eigenvalue weighted by Crippen LogP contribution is 2.26. The maximum Gasteiger partial charge on any atom is 0.340 e. The molecule has 0 spiro atoms. The van der Waals surface area contributed by atoms with Crippen LogP contribution in [0.5, 0.6) is 0 Å². The summed E-state index contributed by atoms with van der Waals surface area (Å²) in [7, 11) is 1.25. The predicted octanol–water partition coefficient (Wildman–Crippen LogP) is 5.44. The zero-order valence-electron chi connectivity index (χ0n) is 17.7. The molecular weight excluding hydrogens is 432 g/mol. The number of hydrogen-bond donors (Lipinski definition) is 2. The Morgan fingerprint density at radius 2 is 1.66 bits per heavy atom. The molecule has 3 rings (SSSR count). The van der Waals surface area contributed by atoms with Crippen LogP contribution >= 0.6 is 11.6 Å². The molecule has 1 heterocycles. The van der Waals surface area contributed by atoms with Crippen molar-refractivity contribution in [1.29, 1.82) is 0 Å². The quantitative estimate of drug-likeness (QED) is 0.441. The summed E-state index contributed by atoms with van der Waals surface area (Å²) in [6.07, 6.45) is 3.87. The highest BCUT2D eigenvalue weighted by atomic mass is 35.5. The topological polar surface area (TPSA) is 97.6 Å². The highest BCUT2D eigenvalue weighted by molar-refractivity contribution is 6.31. The van der Waals surface area contributed by atoms with Crippen LogP contribution in [-0.2, 0) is 14.3 Å². The first-order chi connectivity index (χ1) is 15.4. The molecule has 8 heteroatoms. The molecule has 0 saturated heterocycles. The van der Waals surface area contributed by atoms with Crippen molar-refractivity contribution in [3.05, 3.63) is 71.1 Å². The van der Waals surface area contributed by atoms with Crippen molar-refractivity contribution in [1.82, 2.24) is 0 Å². The van der Waals surface area contributed by atoms with E-state index in [0.29, 0.717) is 22.8 Å². The summed E-state index contributed by atoms with van der Waals surface area (Å²) in [5, 5.41) is 5.92. The summed E-state index contributed by atoms with van der Waals surface area (Å²) >= 11 is 5.92. The molecule has 0 aliphatic rings. The summed E-state index contributed by atoms with van der Waals surface area (Å²) in [6.45, 7) is 1.91. The van der Waals surface area contributed by atoms with Crippen molar-refractivity contribution in [3.63, 3.8) is 0 Å². The Labute approximate surface area is 190 Å². The first kappa shape index (κ1) is 23.1. The lowest BCUT2D eigenvalue weighted by Gasteiger charge is -2.11. The van der Waals surface area contributed by atoms with Crippen molar-refractivity contribution in [3.8, 4) is 11.1 Å². The van der Waals surface area contributed by atoms with Crippen LogP contribution in [0.2, 0.25) is 5.02 Å². The minimum atomic E-state index is -0.602. The van der Waals surface area contributed by atoms with E-state index in [-0.39, 0.29) is 30.2 Å². The number of methoxy groups -OCH3 is 1. The minimum Gasteiger partial charge on any atom is -0.472 e. The number of anilines is 2. The first-order valence-corrected chi connectivity index (χ1v) is 10.4. The molecule has 0 aliphatic carbocycles. The molecule has 0 bridgehead atoms. The van der Waals surface area contributed by atoms with Gasteiger partial charge < -0.3 is 19.8 Å². The smallest absolute Gasteiger partial charge is 0.340 e. The van der Waals surface area contributed by atoms with Crippen molar-refractivity contribution < 1.29 is 23.5 Å². The third-order valence-electron chi connectivity index (χ3n) is 4.83. The summed E-state index contributed by atoms with van der Waals surface area (Å²) in [4.78, 5) is 36.6. The average molecular weight is 455 g/mol. The van der Waals surface area contributed by atoms with E-state index in [0.717, 1.165) is 16.7 Å². The number of benzene rings is 2. The van der Waals surface area contributed by atoms with Gasteiger partial charge in [0.25, 0.3) is 0 Å². The Morgan fingerprint density at radius 3 is 2.31 bits per heavy atom. The molecule has 0 radical (unpaired) electrons. The van der Waals surface area contributed by atoms with Crippen LogP contribution in [0.3, 0.4) is 0 Å². The molecule has 32 heavy (non-hydrogen) atoms. The largest absolute Gasteiger partial charge is 0.472 e. The van der Waals surface area contributed by atoms with Gasteiger partial charge in [-0.05, 0) is 54.8 Å². The zero-order valence-corrected chi connectivity index (χ0v) is 18.5. The summed E-state index contributed by atoms with van der Waals surface area (Å²) < 4.78 is 9.83. The summed E-state index contributed by atoms with van der Waals surface area (Å²) in [6, 6.07) is 12.2. The lowest BCUT2D eigenvalue weighted by Crippen LogP contribution is -2.17. The Kier molecular flexibility index (Phi) is 7.68. The molecule has 0 atom stereocenters. The molecule has 7 nitrogen and oxygen atoms in total. The fraction of sp³-hybridized carbons (Fsp3) is 0.208. The Bertz CT molecular complexity index is 1130. The number of rotatable bonds is 8. The third-order valence-corrected chi connectivity index (χ3v) is 5.07. The number of hydrogen-bond acceptors (Lipinski definition) is 5. The van der Waals surface area contributed by atoms with Crippen LogP contribution in [0.25, 0.3) is 11.1 Å². The average Bonchev–Trinajstić information content (AvgIpc) is 3.31. The number of esters is 1. The molecule has 0 fully saturated rings. The van der Waals surface area contributed by atoms with E-state index in [1.54, 1.807) is 18.6 Å². The van der Waals surface area contributed by atoms with Gasteiger partial charge in [-0.3, -0.25) is 9.59 Å². The Hall–Kier alpha value is -3.58. The van der Waals surface area contributed by atoms with E-state index < -0.39 is 5.97 Å². The predicted molar refractivity (Wildman–Crippen MR) is 123 cm³/mol. The van der Waals surface area contributed by atoms with Crippen LogP contribution < -0.4 is 10.6 Å². The Balaban J connectivity index is 1.53. The van der Waals surface area contributed by atoms with E-state index in [1.165, 1.54) is 19.2 Å². The lowest BCUT2D eigenvalue weighted by molar-refractivity contribution is -0.117. The second-order valence-electron chi connectivity index (χ2n) is 7.17. The van der Waals surface area contributed by atoms with Crippen LogP contribution in [0.15, 0.2) is 59.4 Å². The van der Waals surface area contributed by atoms with Crippen molar-refractivity contribution >= 4 is 40.8 Å². The SMILES string of the molecule is COC(=O)c1cc(Cl)ccc1NC(=O)CCCC(=O)Nc1cc(-c2ccoc2)ccc1C. The van der Waals surface area contributed by atoms with E-state index in [1.807, 2.05) is 31.2 Å². The van der Waals surface area contributed by atoms with Gasteiger partial charge in [-0.2, -0.15) is 0 Å². The van der Waals surface area contributed by atoms with Crippen molar-refractivity contribution in [2.75, 3.05) is 17.7 Å². The van der Waals surface area contributed by atoms with E-state index >= 15 is 0 Å². The van der Waals surface area contributed by atoms with Crippen molar-refractivity contribution in [2.45, 2.75) is 26.2 Å². The molecule has 0 aliphatic heterocycles. The second kappa shape index (κ2) is 10.6. The van der Waals surface area contributed by atoms with E-state index in [2.05, 4.69) is 10.6 Å². The van der Waals surface area contributed by atoms with Crippen LogP contribution in [0.1, 0.15) is 35.2 Å². The monoisotopic (exact) mass is 454 g/mol. The Morgan fingerprint density at radius 1 is 0.938 bits per heavy atom. The molecular formula is C24H23ClN2O5. The number of nitrogens with one attached hydrogen (secondary N) is 2. The second-order valence-corrected chi connectivity index (χ2v) is 7.61. The molecule has 2 N–H and O–H groups in total. The van der Waals surface area contributed by atoms with Gasteiger partial charge in [-0.25, -0.2) is 4.79 Å². The molecule has 1 aromatic heterocycles. The number of carbonyl (C=O) groups is 3. The first-order valence-electron chi connectivity index (χ1n) is 9.98. The highest BCUT2D eigenvalue weighted by Gasteiger charge is 2.15. The molecule has 2 amide bonds. The zero-order chi connectivity index (χ0) is 23.1. The molecule has 3 aromatic rings. The number of furan rings is 1. The van der Waals surface area contributed by atoms with Crippen LogP contribution in [0, 0.1) is 6.92 Å².